The van der Waals surface area contributed by atoms with Gasteiger partial charge in [-0.25, -0.2) is 9.50 Å². The molecular formula is C42H27N3. The largest absolute Gasteiger partial charge is 0.248 e. The van der Waals surface area contributed by atoms with Gasteiger partial charge in [-0.3, -0.25) is 0 Å². The Balaban J connectivity index is 1.20. The highest BCUT2D eigenvalue weighted by atomic mass is 15.2. The quantitative estimate of drug-likeness (QED) is 0.210. The van der Waals surface area contributed by atoms with Crippen molar-refractivity contribution in [1.82, 2.24) is 14.6 Å². The van der Waals surface area contributed by atoms with Crippen molar-refractivity contribution in [2.45, 2.75) is 0 Å². The second kappa shape index (κ2) is 10.3. The molecule has 0 amide bonds. The molecule has 0 aliphatic carbocycles. The van der Waals surface area contributed by atoms with Crippen molar-refractivity contribution in [3.8, 4) is 44.9 Å². The van der Waals surface area contributed by atoms with Crippen molar-refractivity contribution in [2.24, 2.45) is 0 Å². The highest BCUT2D eigenvalue weighted by Crippen LogP contribution is 2.34. The Hall–Kier alpha value is -6.06. The van der Waals surface area contributed by atoms with Crippen LogP contribution in [0.15, 0.2) is 164 Å². The minimum Gasteiger partial charge on any atom is -0.248 e. The van der Waals surface area contributed by atoms with Crippen molar-refractivity contribution in [1.29, 1.82) is 0 Å². The maximum atomic E-state index is 5.24. The Labute approximate surface area is 260 Å². The van der Waals surface area contributed by atoms with Gasteiger partial charge in [-0.2, -0.15) is 5.10 Å². The highest BCUT2D eigenvalue weighted by molar-refractivity contribution is 5.90. The number of para-hydroxylation sites is 1. The second-order valence-electron chi connectivity index (χ2n) is 11.6. The fourth-order valence-electron chi connectivity index (χ4n) is 6.39. The first-order chi connectivity index (χ1) is 22.2. The Morgan fingerprint density at radius 1 is 0.333 bits per heavy atom. The summed E-state index contributed by atoms with van der Waals surface area (Å²) in [6, 6.07) is 58.1. The van der Waals surface area contributed by atoms with Crippen LogP contribution in [0.4, 0.5) is 0 Å². The Morgan fingerprint density at radius 3 is 1.58 bits per heavy atom. The van der Waals surface area contributed by atoms with Crippen molar-refractivity contribution < 1.29 is 0 Å². The van der Waals surface area contributed by atoms with Gasteiger partial charge in [0.05, 0.1) is 28.1 Å². The van der Waals surface area contributed by atoms with Gasteiger partial charge in [0, 0.05) is 22.1 Å². The lowest BCUT2D eigenvalue weighted by atomic mass is 9.96. The van der Waals surface area contributed by atoms with Crippen LogP contribution in [-0.4, -0.2) is 14.6 Å². The maximum Gasteiger partial charge on any atom is 0.0934 e. The molecule has 210 valence electrons. The molecule has 0 radical (unpaired) electrons. The standard InChI is InChI=1S/C42H27N3/c1-3-11-31-22-35(18-16-28(31)8-1)39-25-37(26-40(43-39)36-19-17-29-9-2-4-12-32(29)23-36)33-13-7-14-34(24-33)41-27-38-21-20-30-10-5-6-15-42(30)45(38)44-41/h1-27H. The van der Waals surface area contributed by atoms with Gasteiger partial charge < -0.3 is 0 Å². The van der Waals surface area contributed by atoms with Gasteiger partial charge >= 0.3 is 0 Å². The zero-order valence-corrected chi connectivity index (χ0v) is 24.4. The van der Waals surface area contributed by atoms with Gasteiger partial charge in [-0.1, -0.05) is 115 Å². The average molecular weight is 574 g/mol. The van der Waals surface area contributed by atoms with E-state index in [4.69, 9.17) is 10.1 Å². The fraction of sp³-hybridized carbons (Fsp3) is 0. The Morgan fingerprint density at radius 2 is 0.889 bits per heavy atom. The molecule has 3 nitrogen and oxygen atoms in total. The summed E-state index contributed by atoms with van der Waals surface area (Å²) in [6.07, 6.45) is 0. The van der Waals surface area contributed by atoms with Crippen LogP contribution >= 0.6 is 0 Å². The Kier molecular flexibility index (Phi) is 5.82. The first-order valence-corrected chi connectivity index (χ1v) is 15.2. The SMILES string of the molecule is c1cc(-c2cc(-c3ccc4ccccc4c3)nc(-c3ccc4ccccc4c3)c2)cc(-c2cc3ccc4ccccc4n3n2)c1. The van der Waals surface area contributed by atoms with E-state index in [-0.39, 0.29) is 0 Å². The zero-order chi connectivity index (χ0) is 29.7. The smallest absolute Gasteiger partial charge is 0.0934 e. The van der Waals surface area contributed by atoms with E-state index >= 15 is 0 Å². The molecule has 0 saturated heterocycles. The molecule has 0 atom stereocenters. The predicted octanol–water partition coefficient (Wildman–Crippen LogP) is 10.9. The number of aromatic nitrogens is 3. The normalized spacial score (nSPS) is 11.6. The molecule has 0 saturated carbocycles. The summed E-state index contributed by atoms with van der Waals surface area (Å²) in [6.45, 7) is 0. The number of pyridine rings is 2. The third-order valence-corrected chi connectivity index (χ3v) is 8.74. The summed E-state index contributed by atoms with van der Waals surface area (Å²) in [7, 11) is 0. The summed E-state index contributed by atoms with van der Waals surface area (Å²) in [5.74, 6) is 0. The molecule has 0 fully saturated rings. The van der Waals surface area contributed by atoms with Crippen LogP contribution in [0, 0.1) is 0 Å². The average Bonchev–Trinajstić information content (AvgIpc) is 3.56. The number of hydrogen-bond donors (Lipinski definition) is 0. The molecule has 0 aliphatic rings. The van der Waals surface area contributed by atoms with Gasteiger partial charge in [0.2, 0.25) is 0 Å². The molecule has 0 spiro atoms. The van der Waals surface area contributed by atoms with Crippen LogP contribution in [0.2, 0.25) is 0 Å². The third kappa shape index (κ3) is 4.54. The van der Waals surface area contributed by atoms with Crippen LogP contribution < -0.4 is 0 Å². The van der Waals surface area contributed by atoms with E-state index in [1.54, 1.807) is 0 Å². The second-order valence-corrected chi connectivity index (χ2v) is 11.6. The van der Waals surface area contributed by atoms with Crippen molar-refractivity contribution in [3.05, 3.63) is 164 Å². The van der Waals surface area contributed by atoms with E-state index in [9.17, 15) is 0 Å². The number of hydrogen-bond acceptors (Lipinski definition) is 2. The van der Waals surface area contributed by atoms with Gasteiger partial charge in [0.25, 0.3) is 0 Å². The lowest BCUT2D eigenvalue weighted by Gasteiger charge is -2.12. The van der Waals surface area contributed by atoms with Crippen LogP contribution in [-0.2, 0) is 0 Å². The van der Waals surface area contributed by atoms with Crippen molar-refractivity contribution >= 4 is 38.0 Å². The van der Waals surface area contributed by atoms with Crippen molar-refractivity contribution in [2.75, 3.05) is 0 Å². The monoisotopic (exact) mass is 573 g/mol. The minimum absolute atomic E-state index is 0.950. The van der Waals surface area contributed by atoms with Gasteiger partial charge in [-0.15, -0.1) is 0 Å². The molecule has 45 heavy (non-hydrogen) atoms. The fourth-order valence-corrected chi connectivity index (χ4v) is 6.39. The summed E-state index contributed by atoms with van der Waals surface area (Å²) >= 11 is 0. The highest BCUT2D eigenvalue weighted by Gasteiger charge is 2.13. The summed E-state index contributed by atoms with van der Waals surface area (Å²) in [5.41, 5.74) is 10.6. The molecule has 0 bridgehead atoms. The topological polar surface area (TPSA) is 30.2 Å². The zero-order valence-electron chi connectivity index (χ0n) is 24.4. The summed E-state index contributed by atoms with van der Waals surface area (Å²) in [5, 5.41) is 11.1. The molecule has 3 aromatic heterocycles. The molecule has 3 heterocycles. The number of nitrogens with zero attached hydrogens (tertiary/aromatic N) is 3. The number of rotatable bonds is 4. The predicted molar refractivity (Wildman–Crippen MR) is 187 cm³/mol. The van der Waals surface area contributed by atoms with Crippen LogP contribution in [0.5, 0.6) is 0 Å². The molecule has 6 aromatic carbocycles. The van der Waals surface area contributed by atoms with Gasteiger partial charge in [0.1, 0.15) is 0 Å². The molecular weight excluding hydrogens is 546 g/mol. The lowest BCUT2D eigenvalue weighted by Crippen LogP contribution is -1.92. The van der Waals surface area contributed by atoms with Crippen molar-refractivity contribution in [3.63, 3.8) is 0 Å². The molecule has 3 heteroatoms. The van der Waals surface area contributed by atoms with E-state index in [1.165, 1.54) is 26.9 Å². The minimum atomic E-state index is 0.950. The molecule has 9 rings (SSSR count). The Bertz CT molecular complexity index is 2460. The molecule has 0 N–H and O–H groups in total. The van der Waals surface area contributed by atoms with E-state index < -0.39 is 0 Å². The number of benzene rings is 6. The maximum absolute atomic E-state index is 5.24. The van der Waals surface area contributed by atoms with Gasteiger partial charge in [-0.05, 0) is 81.2 Å². The first-order valence-electron chi connectivity index (χ1n) is 15.2. The van der Waals surface area contributed by atoms with E-state index in [2.05, 4.69) is 164 Å². The molecule has 9 aromatic rings. The van der Waals surface area contributed by atoms with E-state index in [0.29, 0.717) is 0 Å². The lowest BCUT2D eigenvalue weighted by molar-refractivity contribution is 1.01. The molecule has 0 aliphatic heterocycles. The van der Waals surface area contributed by atoms with Gasteiger partial charge in [0.15, 0.2) is 0 Å². The van der Waals surface area contributed by atoms with Crippen LogP contribution in [0.25, 0.3) is 82.9 Å². The van der Waals surface area contributed by atoms with E-state index in [1.807, 2.05) is 4.52 Å². The summed E-state index contributed by atoms with van der Waals surface area (Å²) in [4.78, 5) is 5.24. The van der Waals surface area contributed by atoms with Crippen LogP contribution in [0.3, 0.4) is 0 Å². The first kappa shape index (κ1) is 25.4. The third-order valence-electron chi connectivity index (χ3n) is 8.74. The van der Waals surface area contributed by atoms with Crippen LogP contribution in [0.1, 0.15) is 0 Å². The number of fused-ring (bicyclic) bond motifs is 5. The summed E-state index contributed by atoms with van der Waals surface area (Å²) < 4.78 is 2.04. The van der Waals surface area contributed by atoms with E-state index in [0.717, 1.165) is 55.9 Å². The molecule has 0 unspecified atom stereocenters.